The van der Waals surface area contributed by atoms with Gasteiger partial charge in [-0.2, -0.15) is 4.39 Å². The second-order valence-corrected chi connectivity index (χ2v) is 8.37. The largest absolute Gasteiger partial charge is 0.383 e. The number of carbonyl (C=O) groups excluding carboxylic acids is 1. The fraction of sp³-hybridized carbons (Fsp3) is 0.308. The van der Waals surface area contributed by atoms with E-state index in [0.29, 0.717) is 36.4 Å². The van der Waals surface area contributed by atoms with Crippen molar-refractivity contribution < 1.29 is 9.18 Å². The van der Waals surface area contributed by atoms with Crippen LogP contribution in [-0.2, 0) is 11.2 Å². The van der Waals surface area contributed by atoms with Crippen LogP contribution in [0, 0.1) is 12.9 Å². The molecule has 0 spiro atoms. The van der Waals surface area contributed by atoms with Crippen molar-refractivity contribution in [3.8, 4) is 22.3 Å². The van der Waals surface area contributed by atoms with Gasteiger partial charge in [0.2, 0.25) is 12.4 Å². The quantitative estimate of drug-likeness (QED) is 0.297. The van der Waals surface area contributed by atoms with Crippen LogP contribution in [0.25, 0.3) is 22.3 Å². The highest BCUT2D eigenvalue weighted by Crippen LogP contribution is 2.34. The van der Waals surface area contributed by atoms with Crippen molar-refractivity contribution in [3.05, 3.63) is 71.2 Å². The molecule has 0 radical (unpaired) electrons. The maximum atomic E-state index is 14.8. The Kier molecular flexibility index (Phi) is 6.81. The summed E-state index contributed by atoms with van der Waals surface area (Å²) in [6, 6.07) is 16.0. The number of halogens is 1. The van der Waals surface area contributed by atoms with Crippen molar-refractivity contribution in [2.75, 3.05) is 25.4 Å². The Balaban J connectivity index is 1.65. The maximum Gasteiger partial charge on any atom is 0.222 e. The maximum absolute atomic E-state index is 14.8. The van der Waals surface area contributed by atoms with E-state index >= 15 is 0 Å². The molecule has 4 rings (SSSR count). The molecule has 1 amide bonds. The number of nitrogen functional groups attached to an aromatic ring is 1. The normalized spacial score (nSPS) is 14.3. The van der Waals surface area contributed by atoms with Crippen LogP contribution >= 0.6 is 0 Å². The third-order valence-corrected chi connectivity index (χ3v) is 6.32. The van der Waals surface area contributed by atoms with E-state index in [0.717, 1.165) is 48.2 Å². The summed E-state index contributed by atoms with van der Waals surface area (Å²) in [5, 5.41) is 6.08. The molecule has 0 unspecified atom stereocenters. The fourth-order valence-corrected chi connectivity index (χ4v) is 4.40. The monoisotopic (exact) mass is 432 g/mol. The molecule has 0 aliphatic carbocycles. The van der Waals surface area contributed by atoms with E-state index in [1.165, 1.54) is 5.56 Å². The van der Waals surface area contributed by atoms with E-state index in [4.69, 9.17) is 5.73 Å². The van der Waals surface area contributed by atoms with Crippen molar-refractivity contribution >= 4 is 12.2 Å². The first-order valence-electron chi connectivity index (χ1n) is 11.1. The number of piperidine rings is 1. The summed E-state index contributed by atoms with van der Waals surface area (Å²) in [4.78, 5) is 14.6. The van der Waals surface area contributed by atoms with Gasteiger partial charge in [-0.3, -0.25) is 4.79 Å². The van der Waals surface area contributed by atoms with E-state index in [1.54, 1.807) is 6.07 Å². The van der Waals surface area contributed by atoms with Crippen LogP contribution < -0.4 is 16.4 Å². The van der Waals surface area contributed by atoms with Gasteiger partial charge in [-0.1, -0.05) is 42.5 Å². The van der Waals surface area contributed by atoms with Gasteiger partial charge in [-0.05, 0) is 79.1 Å². The third kappa shape index (κ3) is 4.81. The Labute approximate surface area is 188 Å². The molecule has 32 heavy (non-hydrogen) atoms. The zero-order chi connectivity index (χ0) is 22.5. The number of anilines is 1. The highest BCUT2D eigenvalue weighted by molar-refractivity contribution is 5.80. The average Bonchev–Trinajstić information content (AvgIpc) is 2.81. The number of aryl methyl sites for hydroxylation is 1. The van der Waals surface area contributed by atoms with Crippen molar-refractivity contribution in [3.63, 3.8) is 0 Å². The smallest absolute Gasteiger partial charge is 0.222 e. The number of rotatable bonds is 7. The summed E-state index contributed by atoms with van der Waals surface area (Å²) in [6.45, 7) is 4.66. The summed E-state index contributed by atoms with van der Waals surface area (Å²) in [7, 11) is 0. The van der Waals surface area contributed by atoms with Crippen LogP contribution in [0.4, 0.5) is 10.2 Å². The lowest BCUT2D eigenvalue weighted by Crippen LogP contribution is -2.26. The van der Waals surface area contributed by atoms with E-state index in [-0.39, 0.29) is 5.82 Å². The topological polar surface area (TPSA) is 80.0 Å². The number of nitrogens with one attached hydrogen (secondary N) is 2. The summed E-state index contributed by atoms with van der Waals surface area (Å²) in [5.74, 6) is 0.150. The molecule has 5 nitrogen and oxygen atoms in total. The van der Waals surface area contributed by atoms with Gasteiger partial charge in [0.15, 0.2) is 0 Å². The molecule has 3 aromatic rings. The third-order valence-electron chi connectivity index (χ3n) is 6.32. The van der Waals surface area contributed by atoms with Gasteiger partial charge in [0.05, 0.1) is 0 Å². The lowest BCUT2D eigenvalue weighted by Gasteiger charge is -2.23. The first-order chi connectivity index (χ1) is 15.6. The highest BCUT2D eigenvalue weighted by atomic mass is 19.1. The molecule has 0 atom stereocenters. The van der Waals surface area contributed by atoms with Crippen LogP contribution in [0.1, 0.15) is 35.4 Å². The number of nitrogens with zero attached hydrogens (tertiary/aromatic N) is 1. The second-order valence-electron chi connectivity index (χ2n) is 8.37. The molecule has 2 aromatic carbocycles. The molecule has 166 valence electrons. The number of benzene rings is 2. The SMILES string of the molecule is Cc1ccc(-c2cc(-c3ccc(C4CCNCC4)cc3)c(F)nc2N)cc1CCNC=O. The lowest BCUT2D eigenvalue weighted by atomic mass is 9.89. The van der Waals surface area contributed by atoms with Gasteiger partial charge >= 0.3 is 0 Å². The Morgan fingerprint density at radius 2 is 1.81 bits per heavy atom. The first-order valence-corrected chi connectivity index (χ1v) is 11.1. The zero-order valence-corrected chi connectivity index (χ0v) is 18.3. The predicted molar refractivity (Wildman–Crippen MR) is 127 cm³/mol. The number of aromatic nitrogens is 1. The minimum atomic E-state index is -0.566. The fourth-order valence-electron chi connectivity index (χ4n) is 4.40. The number of carbonyl (C=O) groups is 1. The van der Waals surface area contributed by atoms with Crippen molar-refractivity contribution in [2.24, 2.45) is 0 Å². The van der Waals surface area contributed by atoms with Gasteiger partial charge in [0.25, 0.3) is 0 Å². The molecule has 0 bridgehead atoms. The van der Waals surface area contributed by atoms with Crippen LogP contribution in [0.15, 0.2) is 48.5 Å². The van der Waals surface area contributed by atoms with E-state index < -0.39 is 5.95 Å². The first kappa shape index (κ1) is 22.0. The number of hydrogen-bond donors (Lipinski definition) is 3. The Bertz CT molecular complexity index is 1090. The van der Waals surface area contributed by atoms with Crippen molar-refractivity contribution in [1.82, 2.24) is 15.6 Å². The Morgan fingerprint density at radius 1 is 1.09 bits per heavy atom. The summed E-state index contributed by atoms with van der Waals surface area (Å²) in [5.41, 5.74) is 12.5. The average molecular weight is 433 g/mol. The molecule has 4 N–H and O–H groups in total. The molecule has 1 aromatic heterocycles. The molecular formula is C26H29FN4O. The minimum Gasteiger partial charge on any atom is -0.383 e. The molecule has 6 heteroatoms. The number of amides is 1. The molecular weight excluding hydrogens is 403 g/mol. The van der Waals surface area contributed by atoms with Crippen LogP contribution in [0.3, 0.4) is 0 Å². The Morgan fingerprint density at radius 3 is 2.53 bits per heavy atom. The second kappa shape index (κ2) is 9.92. The van der Waals surface area contributed by atoms with Gasteiger partial charge in [0, 0.05) is 17.7 Å². The lowest BCUT2D eigenvalue weighted by molar-refractivity contribution is -0.109. The molecule has 1 aliphatic heterocycles. The van der Waals surface area contributed by atoms with Crippen LogP contribution in [-0.4, -0.2) is 31.0 Å². The van der Waals surface area contributed by atoms with Crippen molar-refractivity contribution in [2.45, 2.75) is 32.1 Å². The molecule has 0 saturated carbocycles. The summed E-state index contributed by atoms with van der Waals surface area (Å²) < 4.78 is 14.8. The predicted octanol–water partition coefficient (Wildman–Crippen LogP) is 4.20. The molecule has 1 aliphatic rings. The van der Waals surface area contributed by atoms with Gasteiger partial charge in [-0.25, -0.2) is 4.98 Å². The van der Waals surface area contributed by atoms with E-state index in [2.05, 4.69) is 27.8 Å². The molecule has 1 saturated heterocycles. The highest BCUT2D eigenvalue weighted by Gasteiger charge is 2.17. The number of nitrogens with two attached hydrogens (primary N) is 1. The van der Waals surface area contributed by atoms with Gasteiger partial charge in [-0.15, -0.1) is 0 Å². The van der Waals surface area contributed by atoms with Crippen LogP contribution in [0.2, 0.25) is 0 Å². The Hall–Kier alpha value is -3.25. The van der Waals surface area contributed by atoms with Gasteiger partial charge in [0.1, 0.15) is 5.82 Å². The van der Waals surface area contributed by atoms with Crippen LogP contribution in [0.5, 0.6) is 0 Å². The minimum absolute atomic E-state index is 0.165. The van der Waals surface area contributed by atoms with Crippen molar-refractivity contribution in [1.29, 1.82) is 0 Å². The van der Waals surface area contributed by atoms with Gasteiger partial charge < -0.3 is 16.4 Å². The molecule has 1 fully saturated rings. The standard InChI is InChI=1S/C26H29FN4O/c1-17-2-3-22(14-21(17)10-13-30-16-32)24-15-23(25(27)31-26(24)28)20-6-4-18(5-7-20)19-8-11-29-12-9-19/h2-7,14-16,19,29H,8-13H2,1H3,(H2,28,31)(H,30,32). The summed E-state index contributed by atoms with van der Waals surface area (Å²) >= 11 is 0. The van der Waals surface area contributed by atoms with E-state index in [9.17, 15) is 9.18 Å². The number of pyridine rings is 1. The van der Waals surface area contributed by atoms with E-state index in [1.807, 2.05) is 37.3 Å². The number of hydrogen-bond acceptors (Lipinski definition) is 4. The molecule has 2 heterocycles. The summed E-state index contributed by atoms with van der Waals surface area (Å²) in [6.07, 6.45) is 3.65. The zero-order valence-electron chi connectivity index (χ0n) is 18.3.